The summed E-state index contributed by atoms with van der Waals surface area (Å²) in [6.07, 6.45) is 1.67. The summed E-state index contributed by atoms with van der Waals surface area (Å²) in [6, 6.07) is 3.74. The van der Waals surface area contributed by atoms with E-state index in [-0.39, 0.29) is 0 Å². The highest BCUT2D eigenvalue weighted by Gasteiger charge is 2.01. The molecule has 0 amide bonds. The molecule has 0 unspecified atom stereocenters. The van der Waals surface area contributed by atoms with Crippen LogP contribution in [0.15, 0.2) is 12.3 Å². The first-order valence-corrected chi connectivity index (χ1v) is 4.18. The van der Waals surface area contributed by atoms with E-state index in [1.165, 1.54) is 7.11 Å². The molecule has 1 heterocycles. The van der Waals surface area contributed by atoms with E-state index in [4.69, 9.17) is 10.00 Å². The Morgan fingerprint density at radius 2 is 2.08 bits per heavy atom. The summed E-state index contributed by atoms with van der Waals surface area (Å²) in [7, 11) is 1.50. The van der Waals surface area contributed by atoms with Gasteiger partial charge in [0.2, 0.25) is 5.88 Å². The number of methoxy groups -OCH3 is 1. The van der Waals surface area contributed by atoms with Crippen LogP contribution in [0.25, 0.3) is 0 Å². The highest BCUT2D eigenvalue weighted by Crippen LogP contribution is 2.13. The van der Waals surface area contributed by atoms with Gasteiger partial charge >= 0.3 is 0 Å². The van der Waals surface area contributed by atoms with Gasteiger partial charge in [-0.15, -0.1) is 0 Å². The molecule has 0 fully saturated rings. The Labute approximate surface area is 79.0 Å². The monoisotopic (exact) mass is 178 g/mol. The van der Waals surface area contributed by atoms with Gasteiger partial charge in [-0.1, -0.05) is 13.8 Å². The molecule has 70 valence electrons. The fraction of sp³-hybridized carbons (Fsp3) is 0.400. The van der Waals surface area contributed by atoms with E-state index >= 15 is 0 Å². The van der Waals surface area contributed by atoms with E-state index in [9.17, 15) is 0 Å². The molecule has 0 atom stereocenters. The van der Waals surface area contributed by atoms with Gasteiger partial charge in [0.25, 0.3) is 0 Å². The van der Waals surface area contributed by atoms with Crippen LogP contribution in [0, 0.1) is 18.3 Å². The van der Waals surface area contributed by atoms with Gasteiger partial charge in [0, 0.05) is 6.20 Å². The third kappa shape index (κ3) is 3.12. The maximum Gasteiger partial charge on any atom is 0.231 e. The molecule has 0 saturated heterocycles. The number of hydrogen-bond donors (Lipinski definition) is 0. The molecule has 0 aliphatic heterocycles. The Morgan fingerprint density at radius 1 is 1.46 bits per heavy atom. The van der Waals surface area contributed by atoms with Crippen molar-refractivity contribution >= 4 is 0 Å². The Bertz CT molecular complexity index is 302. The van der Waals surface area contributed by atoms with Crippen molar-refractivity contribution in [1.29, 1.82) is 5.26 Å². The van der Waals surface area contributed by atoms with Crippen LogP contribution >= 0.6 is 0 Å². The number of nitrogens with zero attached hydrogens (tertiary/aromatic N) is 2. The van der Waals surface area contributed by atoms with Crippen LogP contribution in [0.2, 0.25) is 0 Å². The lowest BCUT2D eigenvalue weighted by Crippen LogP contribution is -1.91. The third-order valence-electron chi connectivity index (χ3n) is 1.30. The van der Waals surface area contributed by atoms with E-state index in [2.05, 4.69) is 4.98 Å². The van der Waals surface area contributed by atoms with Crippen LogP contribution in [0.3, 0.4) is 0 Å². The van der Waals surface area contributed by atoms with Crippen LogP contribution in [0.4, 0.5) is 0 Å². The quantitative estimate of drug-likeness (QED) is 0.662. The molecule has 0 aromatic carbocycles. The zero-order chi connectivity index (χ0) is 10.3. The van der Waals surface area contributed by atoms with Crippen LogP contribution in [0.1, 0.15) is 25.0 Å². The first-order valence-electron chi connectivity index (χ1n) is 4.18. The molecular weight excluding hydrogens is 164 g/mol. The zero-order valence-electron chi connectivity index (χ0n) is 8.46. The highest BCUT2D eigenvalue weighted by molar-refractivity contribution is 5.39. The number of nitriles is 1. The van der Waals surface area contributed by atoms with Crippen molar-refractivity contribution in [1.82, 2.24) is 4.98 Å². The van der Waals surface area contributed by atoms with Crippen molar-refractivity contribution in [2.75, 3.05) is 7.11 Å². The molecule has 13 heavy (non-hydrogen) atoms. The van der Waals surface area contributed by atoms with Crippen molar-refractivity contribution in [2.24, 2.45) is 0 Å². The first-order chi connectivity index (χ1) is 6.27. The second kappa shape index (κ2) is 6.01. The second-order valence-corrected chi connectivity index (χ2v) is 2.18. The smallest absolute Gasteiger partial charge is 0.231 e. The molecule has 3 heteroatoms. The summed E-state index contributed by atoms with van der Waals surface area (Å²) in [4.78, 5) is 3.92. The lowest BCUT2D eigenvalue weighted by atomic mass is 10.2. The van der Waals surface area contributed by atoms with Gasteiger partial charge in [-0.2, -0.15) is 5.26 Å². The number of hydrogen-bond acceptors (Lipinski definition) is 3. The van der Waals surface area contributed by atoms with Crippen LogP contribution in [-0.4, -0.2) is 12.1 Å². The summed E-state index contributed by atoms with van der Waals surface area (Å²) in [5.74, 6) is 0.387. The zero-order valence-corrected chi connectivity index (χ0v) is 8.46. The summed E-state index contributed by atoms with van der Waals surface area (Å²) in [5.41, 5.74) is 1.44. The Kier molecular flexibility index (Phi) is 5.29. The van der Waals surface area contributed by atoms with Crippen LogP contribution < -0.4 is 4.74 Å². The Balaban J connectivity index is 0.000000671. The van der Waals surface area contributed by atoms with Crippen molar-refractivity contribution < 1.29 is 4.74 Å². The number of ether oxygens (including phenoxy) is 1. The second-order valence-electron chi connectivity index (χ2n) is 2.18. The van der Waals surface area contributed by atoms with E-state index in [0.29, 0.717) is 11.4 Å². The molecule has 0 spiro atoms. The number of pyridine rings is 1. The number of rotatable bonds is 1. The standard InChI is InChI=1S/C8H8N2O.C2H6/c1-6-3-7(4-9)8(11-2)10-5-6;1-2/h3,5H,1-2H3;1-2H3. The van der Waals surface area contributed by atoms with Gasteiger partial charge in [0.15, 0.2) is 0 Å². The minimum absolute atomic E-state index is 0.387. The van der Waals surface area contributed by atoms with Gasteiger partial charge in [0.1, 0.15) is 11.6 Å². The summed E-state index contributed by atoms with van der Waals surface area (Å²) >= 11 is 0. The van der Waals surface area contributed by atoms with Crippen molar-refractivity contribution in [3.63, 3.8) is 0 Å². The maximum absolute atomic E-state index is 8.60. The lowest BCUT2D eigenvalue weighted by Gasteiger charge is -2.00. The van der Waals surface area contributed by atoms with Gasteiger partial charge in [-0.05, 0) is 18.6 Å². The highest BCUT2D eigenvalue weighted by atomic mass is 16.5. The SMILES string of the molecule is CC.COc1ncc(C)cc1C#N. The van der Waals surface area contributed by atoms with Crippen molar-refractivity contribution in [3.8, 4) is 11.9 Å². The molecule has 0 aliphatic rings. The van der Waals surface area contributed by atoms with E-state index in [0.717, 1.165) is 5.56 Å². The maximum atomic E-state index is 8.60. The largest absolute Gasteiger partial charge is 0.480 e. The average Bonchev–Trinajstić information content (AvgIpc) is 2.20. The van der Waals surface area contributed by atoms with Crippen LogP contribution in [0.5, 0.6) is 5.88 Å². The van der Waals surface area contributed by atoms with Gasteiger partial charge in [-0.3, -0.25) is 0 Å². The molecule has 0 radical (unpaired) electrons. The van der Waals surface area contributed by atoms with Crippen LogP contribution in [-0.2, 0) is 0 Å². The molecule has 0 N–H and O–H groups in total. The molecule has 1 aromatic rings. The van der Waals surface area contributed by atoms with E-state index < -0.39 is 0 Å². The minimum atomic E-state index is 0.387. The third-order valence-corrected chi connectivity index (χ3v) is 1.30. The minimum Gasteiger partial charge on any atom is -0.480 e. The van der Waals surface area contributed by atoms with E-state index in [1.54, 1.807) is 12.3 Å². The lowest BCUT2D eigenvalue weighted by molar-refractivity contribution is 0.396. The molecule has 3 nitrogen and oxygen atoms in total. The summed E-state index contributed by atoms with van der Waals surface area (Å²) in [6.45, 7) is 5.88. The predicted octanol–water partition coefficient (Wildman–Crippen LogP) is 2.30. The van der Waals surface area contributed by atoms with Gasteiger partial charge in [0.05, 0.1) is 7.11 Å². The predicted molar refractivity (Wildman–Crippen MR) is 51.6 cm³/mol. The van der Waals surface area contributed by atoms with Crippen molar-refractivity contribution in [3.05, 3.63) is 23.4 Å². The molecule has 0 bridgehead atoms. The molecular formula is C10H14N2O. The molecule has 1 rings (SSSR count). The fourth-order valence-electron chi connectivity index (χ4n) is 0.799. The number of aryl methyl sites for hydroxylation is 1. The van der Waals surface area contributed by atoms with Gasteiger partial charge in [-0.25, -0.2) is 4.98 Å². The van der Waals surface area contributed by atoms with Crippen molar-refractivity contribution in [2.45, 2.75) is 20.8 Å². The fourth-order valence-corrected chi connectivity index (χ4v) is 0.799. The Morgan fingerprint density at radius 3 is 2.54 bits per heavy atom. The average molecular weight is 178 g/mol. The molecule has 0 aliphatic carbocycles. The molecule has 1 aromatic heterocycles. The summed E-state index contributed by atoms with van der Waals surface area (Å²) in [5, 5.41) is 8.60. The molecule has 0 saturated carbocycles. The summed E-state index contributed by atoms with van der Waals surface area (Å²) < 4.78 is 4.86. The normalized spacial score (nSPS) is 7.92. The number of aromatic nitrogens is 1. The first kappa shape index (κ1) is 11.4. The Hall–Kier alpha value is -1.56. The topological polar surface area (TPSA) is 45.9 Å². The van der Waals surface area contributed by atoms with Gasteiger partial charge < -0.3 is 4.74 Å². The van der Waals surface area contributed by atoms with E-state index in [1.807, 2.05) is 26.8 Å².